The maximum absolute atomic E-state index is 12.3. The second kappa shape index (κ2) is 4.87. The molecule has 0 fully saturated rings. The quantitative estimate of drug-likeness (QED) is 0.662. The number of hydrogen-bond donors (Lipinski definition) is 1. The fraction of sp³-hybridized carbons (Fsp3) is 0.143. The van der Waals surface area contributed by atoms with E-state index < -0.39 is 0 Å². The lowest BCUT2D eigenvalue weighted by molar-refractivity contribution is 0.103. The predicted octanol–water partition coefficient (Wildman–Crippen LogP) is 2.21. The summed E-state index contributed by atoms with van der Waals surface area (Å²) >= 11 is 0. The average molecular weight is 242 g/mol. The topological polar surface area (TPSA) is 65.2 Å². The van der Waals surface area contributed by atoms with Crippen molar-refractivity contribution in [3.63, 3.8) is 0 Å². The molecule has 18 heavy (non-hydrogen) atoms. The Kier molecular flexibility index (Phi) is 3.28. The maximum Gasteiger partial charge on any atom is 0.196 e. The fourth-order valence-corrected chi connectivity index (χ4v) is 1.75. The summed E-state index contributed by atoms with van der Waals surface area (Å²) in [6.45, 7) is 1.89. The number of hydrogen-bond acceptors (Lipinski definition) is 4. The van der Waals surface area contributed by atoms with Gasteiger partial charge in [0.15, 0.2) is 5.78 Å². The molecule has 4 nitrogen and oxygen atoms in total. The van der Waals surface area contributed by atoms with Gasteiger partial charge in [-0.2, -0.15) is 0 Å². The van der Waals surface area contributed by atoms with Crippen LogP contribution in [0.25, 0.3) is 0 Å². The summed E-state index contributed by atoms with van der Waals surface area (Å²) in [5.74, 6) is 0.351. The number of ketones is 1. The molecule has 4 heteroatoms. The van der Waals surface area contributed by atoms with E-state index in [-0.39, 0.29) is 5.78 Å². The lowest BCUT2D eigenvalue weighted by Crippen LogP contribution is -2.07. The van der Waals surface area contributed by atoms with Crippen molar-refractivity contribution in [2.45, 2.75) is 6.92 Å². The Balaban J connectivity index is 2.46. The van der Waals surface area contributed by atoms with Crippen LogP contribution in [0.15, 0.2) is 36.7 Å². The van der Waals surface area contributed by atoms with Crippen molar-refractivity contribution in [1.29, 1.82) is 0 Å². The second-order valence-corrected chi connectivity index (χ2v) is 4.00. The number of methoxy groups -OCH3 is 1. The van der Waals surface area contributed by atoms with E-state index in [9.17, 15) is 4.79 Å². The van der Waals surface area contributed by atoms with Gasteiger partial charge < -0.3 is 10.5 Å². The minimum absolute atomic E-state index is 0.150. The van der Waals surface area contributed by atoms with Crippen LogP contribution in [0.4, 0.5) is 5.69 Å². The first-order valence-electron chi connectivity index (χ1n) is 5.52. The molecule has 1 aromatic heterocycles. The Bertz CT molecular complexity index is 594. The molecule has 0 atom stereocenters. The zero-order valence-electron chi connectivity index (χ0n) is 10.3. The standard InChI is InChI=1S/C14H14N2O2/c1-9-6-10(8-16-7-9)14(17)11-4-3-5-12(18-2)13(11)15/h3-8H,15H2,1-2H3. The first kappa shape index (κ1) is 12.1. The van der Waals surface area contributed by atoms with Crippen LogP contribution in [0.5, 0.6) is 5.75 Å². The third-order valence-electron chi connectivity index (χ3n) is 2.67. The number of anilines is 1. The van der Waals surface area contributed by atoms with E-state index in [1.807, 2.05) is 6.92 Å². The van der Waals surface area contributed by atoms with Crippen molar-refractivity contribution in [3.05, 3.63) is 53.3 Å². The van der Waals surface area contributed by atoms with Gasteiger partial charge in [-0.05, 0) is 30.7 Å². The third-order valence-corrected chi connectivity index (χ3v) is 2.67. The number of nitrogens with zero attached hydrogens (tertiary/aromatic N) is 1. The summed E-state index contributed by atoms with van der Waals surface area (Å²) in [7, 11) is 1.52. The molecule has 0 spiro atoms. The van der Waals surface area contributed by atoms with Gasteiger partial charge >= 0.3 is 0 Å². The molecule has 0 saturated heterocycles. The van der Waals surface area contributed by atoms with Crippen LogP contribution >= 0.6 is 0 Å². The number of rotatable bonds is 3. The minimum Gasteiger partial charge on any atom is -0.495 e. The lowest BCUT2D eigenvalue weighted by atomic mass is 10.0. The number of nitrogens with two attached hydrogens (primary N) is 1. The molecule has 0 aliphatic carbocycles. The molecule has 0 radical (unpaired) electrons. The molecule has 0 aliphatic heterocycles. The molecule has 0 unspecified atom stereocenters. The number of para-hydroxylation sites is 1. The Morgan fingerprint density at radius 1 is 1.33 bits per heavy atom. The van der Waals surface area contributed by atoms with E-state index in [1.54, 1.807) is 30.5 Å². The molecule has 2 N–H and O–H groups in total. The highest BCUT2D eigenvalue weighted by atomic mass is 16.5. The molecule has 92 valence electrons. The molecule has 0 saturated carbocycles. The van der Waals surface area contributed by atoms with Gasteiger partial charge in [-0.3, -0.25) is 9.78 Å². The predicted molar refractivity (Wildman–Crippen MR) is 69.8 cm³/mol. The number of pyridine rings is 1. The highest BCUT2D eigenvalue weighted by Gasteiger charge is 2.15. The van der Waals surface area contributed by atoms with Crippen molar-refractivity contribution in [2.75, 3.05) is 12.8 Å². The van der Waals surface area contributed by atoms with Crippen molar-refractivity contribution in [1.82, 2.24) is 4.98 Å². The van der Waals surface area contributed by atoms with Crippen LogP contribution < -0.4 is 10.5 Å². The van der Waals surface area contributed by atoms with Gasteiger partial charge in [0.05, 0.1) is 12.8 Å². The van der Waals surface area contributed by atoms with Crippen LogP contribution in [0.3, 0.4) is 0 Å². The Labute approximate surface area is 105 Å². The van der Waals surface area contributed by atoms with E-state index in [0.29, 0.717) is 22.6 Å². The zero-order chi connectivity index (χ0) is 13.1. The van der Waals surface area contributed by atoms with Gasteiger partial charge in [0, 0.05) is 23.5 Å². The number of aromatic nitrogens is 1. The molecule has 0 amide bonds. The summed E-state index contributed by atoms with van der Waals surface area (Å²) in [6.07, 6.45) is 3.24. The van der Waals surface area contributed by atoms with Gasteiger partial charge in [0.1, 0.15) is 5.75 Å². The molecule has 1 heterocycles. The van der Waals surface area contributed by atoms with Crippen LogP contribution in [-0.4, -0.2) is 17.9 Å². The summed E-state index contributed by atoms with van der Waals surface area (Å²) in [5, 5.41) is 0. The van der Waals surface area contributed by atoms with Gasteiger partial charge in [0.2, 0.25) is 0 Å². The van der Waals surface area contributed by atoms with Gasteiger partial charge in [-0.15, -0.1) is 0 Å². The first-order valence-corrected chi connectivity index (χ1v) is 5.52. The van der Waals surface area contributed by atoms with Crippen LogP contribution in [0, 0.1) is 6.92 Å². The second-order valence-electron chi connectivity index (χ2n) is 4.00. The highest BCUT2D eigenvalue weighted by molar-refractivity contribution is 6.12. The van der Waals surface area contributed by atoms with Crippen LogP contribution in [0.2, 0.25) is 0 Å². The Morgan fingerprint density at radius 3 is 2.78 bits per heavy atom. The van der Waals surface area contributed by atoms with E-state index in [0.717, 1.165) is 5.56 Å². The van der Waals surface area contributed by atoms with Gasteiger partial charge in [-0.25, -0.2) is 0 Å². The first-order chi connectivity index (χ1) is 8.63. The zero-order valence-corrected chi connectivity index (χ0v) is 10.3. The number of carbonyl (C=O) groups excluding carboxylic acids is 1. The number of ether oxygens (including phenoxy) is 1. The molecule has 2 aromatic rings. The smallest absolute Gasteiger partial charge is 0.196 e. The van der Waals surface area contributed by atoms with Crippen molar-refractivity contribution >= 4 is 11.5 Å². The van der Waals surface area contributed by atoms with E-state index >= 15 is 0 Å². The summed E-state index contributed by atoms with van der Waals surface area (Å²) in [5.41, 5.74) is 8.15. The van der Waals surface area contributed by atoms with Crippen LogP contribution in [0.1, 0.15) is 21.5 Å². The monoisotopic (exact) mass is 242 g/mol. The molecular formula is C14H14N2O2. The third kappa shape index (κ3) is 2.18. The van der Waals surface area contributed by atoms with E-state index in [4.69, 9.17) is 10.5 Å². The number of aryl methyl sites for hydroxylation is 1. The molecule has 0 aliphatic rings. The van der Waals surface area contributed by atoms with Crippen LogP contribution in [-0.2, 0) is 0 Å². The molecule has 1 aromatic carbocycles. The maximum atomic E-state index is 12.3. The largest absolute Gasteiger partial charge is 0.495 e. The molecule has 0 bridgehead atoms. The van der Waals surface area contributed by atoms with Crippen molar-refractivity contribution in [2.24, 2.45) is 0 Å². The van der Waals surface area contributed by atoms with Gasteiger partial charge in [0.25, 0.3) is 0 Å². The average Bonchev–Trinajstić information content (AvgIpc) is 2.38. The van der Waals surface area contributed by atoms with Crippen molar-refractivity contribution < 1.29 is 9.53 Å². The van der Waals surface area contributed by atoms with E-state index in [1.165, 1.54) is 13.3 Å². The minimum atomic E-state index is -0.150. The summed E-state index contributed by atoms with van der Waals surface area (Å²) in [6, 6.07) is 6.93. The number of nitrogen functional groups attached to an aromatic ring is 1. The Morgan fingerprint density at radius 2 is 2.11 bits per heavy atom. The van der Waals surface area contributed by atoms with Crippen molar-refractivity contribution in [3.8, 4) is 5.75 Å². The molecule has 2 rings (SSSR count). The fourth-order valence-electron chi connectivity index (χ4n) is 1.75. The SMILES string of the molecule is COc1cccc(C(=O)c2cncc(C)c2)c1N. The Hall–Kier alpha value is -2.36. The normalized spacial score (nSPS) is 10.1. The molecular weight excluding hydrogens is 228 g/mol. The number of carbonyl (C=O) groups is 1. The summed E-state index contributed by atoms with van der Waals surface area (Å²) < 4.78 is 5.10. The summed E-state index contributed by atoms with van der Waals surface area (Å²) in [4.78, 5) is 16.3. The van der Waals surface area contributed by atoms with E-state index in [2.05, 4.69) is 4.98 Å². The number of benzene rings is 1. The van der Waals surface area contributed by atoms with Gasteiger partial charge in [-0.1, -0.05) is 6.07 Å². The lowest BCUT2D eigenvalue weighted by Gasteiger charge is -2.09. The highest BCUT2D eigenvalue weighted by Crippen LogP contribution is 2.26.